The number of fused-ring (bicyclic) bond motifs is 3. The van der Waals surface area contributed by atoms with E-state index in [-0.39, 0.29) is 5.41 Å². The lowest BCUT2D eigenvalue weighted by Gasteiger charge is -2.54. The Bertz CT molecular complexity index is 474. The Balaban J connectivity index is 2.14. The number of aromatic hydroxyl groups is 1. The minimum absolute atomic E-state index is 0.272. The lowest BCUT2D eigenvalue weighted by molar-refractivity contribution is 0.0402. The molecule has 2 aliphatic carbocycles. The molecule has 1 saturated carbocycles. The molecule has 1 aromatic carbocycles. The average Bonchev–Trinajstić information content (AvgIpc) is 2.29. The molecule has 3 rings (SSSR count). The number of benzene rings is 1. The van der Waals surface area contributed by atoms with E-state index >= 15 is 0 Å². The first-order valence-corrected chi connectivity index (χ1v) is 7.26. The van der Waals surface area contributed by atoms with Crippen LogP contribution in [0.4, 0.5) is 0 Å². The van der Waals surface area contributed by atoms with Gasteiger partial charge in [-0.3, -0.25) is 0 Å². The van der Waals surface area contributed by atoms with Crippen LogP contribution in [0.15, 0.2) is 18.2 Å². The van der Waals surface area contributed by atoms with E-state index in [0.29, 0.717) is 11.2 Å². The van der Waals surface area contributed by atoms with Crippen molar-refractivity contribution in [1.29, 1.82) is 0 Å². The third kappa shape index (κ3) is 1.52. The summed E-state index contributed by atoms with van der Waals surface area (Å²) in [6.07, 6.45) is 6.22. The Morgan fingerprint density at radius 1 is 1.17 bits per heavy atom. The largest absolute Gasteiger partial charge is 0.508 e. The first-order valence-electron chi connectivity index (χ1n) is 7.26. The summed E-state index contributed by atoms with van der Waals surface area (Å²) >= 11 is 0. The van der Waals surface area contributed by atoms with Crippen molar-refractivity contribution >= 4 is 0 Å². The molecule has 0 saturated heterocycles. The fourth-order valence-corrected chi connectivity index (χ4v) is 4.81. The maximum Gasteiger partial charge on any atom is 0.119 e. The summed E-state index contributed by atoms with van der Waals surface area (Å²) in [7, 11) is 0. The molecular weight excluding hydrogens is 220 g/mol. The topological polar surface area (TPSA) is 20.2 Å². The fraction of sp³-hybridized carbons (Fsp3) is 0.647. The molecule has 0 aromatic heterocycles. The van der Waals surface area contributed by atoms with Crippen molar-refractivity contribution < 1.29 is 5.11 Å². The molecule has 0 unspecified atom stereocenters. The SMILES string of the molecule is CC1(C)CCC[C@@]2(C)c3cccc(O)c3CC[C@H]12. The summed E-state index contributed by atoms with van der Waals surface area (Å²) in [5.41, 5.74) is 3.35. The van der Waals surface area contributed by atoms with Gasteiger partial charge in [0, 0.05) is 0 Å². The van der Waals surface area contributed by atoms with Gasteiger partial charge in [-0.05, 0) is 59.6 Å². The van der Waals surface area contributed by atoms with Gasteiger partial charge >= 0.3 is 0 Å². The number of rotatable bonds is 0. The summed E-state index contributed by atoms with van der Waals surface area (Å²) in [4.78, 5) is 0. The summed E-state index contributed by atoms with van der Waals surface area (Å²) in [6.45, 7) is 7.29. The molecule has 0 bridgehead atoms. The van der Waals surface area contributed by atoms with Gasteiger partial charge in [0.15, 0.2) is 0 Å². The Hall–Kier alpha value is -0.980. The second-order valence-electron chi connectivity index (χ2n) is 7.15. The highest BCUT2D eigenvalue weighted by Crippen LogP contribution is 2.57. The zero-order chi connectivity index (χ0) is 13.0. The van der Waals surface area contributed by atoms with Crippen molar-refractivity contribution in [2.24, 2.45) is 11.3 Å². The van der Waals surface area contributed by atoms with Crippen molar-refractivity contribution in [2.45, 2.75) is 58.3 Å². The van der Waals surface area contributed by atoms with E-state index in [9.17, 15) is 5.11 Å². The average molecular weight is 244 g/mol. The van der Waals surface area contributed by atoms with Crippen molar-refractivity contribution in [3.05, 3.63) is 29.3 Å². The van der Waals surface area contributed by atoms with E-state index in [1.165, 1.54) is 36.8 Å². The molecular formula is C17H24O. The smallest absolute Gasteiger partial charge is 0.119 e. The Morgan fingerprint density at radius 3 is 2.72 bits per heavy atom. The molecule has 0 amide bonds. The highest BCUT2D eigenvalue weighted by atomic mass is 16.3. The van der Waals surface area contributed by atoms with Crippen LogP contribution in [0, 0.1) is 11.3 Å². The van der Waals surface area contributed by atoms with E-state index in [1.807, 2.05) is 12.1 Å². The highest BCUT2D eigenvalue weighted by Gasteiger charge is 2.49. The first-order chi connectivity index (χ1) is 8.45. The second kappa shape index (κ2) is 3.76. The van der Waals surface area contributed by atoms with Crippen LogP contribution < -0.4 is 0 Å². The predicted octanol–water partition coefficient (Wildman–Crippen LogP) is 4.42. The summed E-state index contributed by atoms with van der Waals surface area (Å²) in [5, 5.41) is 10.1. The van der Waals surface area contributed by atoms with E-state index in [1.54, 1.807) is 0 Å². The van der Waals surface area contributed by atoms with Crippen LogP contribution in [0.1, 0.15) is 57.6 Å². The molecule has 1 N–H and O–H groups in total. The van der Waals surface area contributed by atoms with Crippen LogP contribution >= 0.6 is 0 Å². The minimum atomic E-state index is 0.272. The van der Waals surface area contributed by atoms with Crippen LogP contribution in [0.3, 0.4) is 0 Å². The third-order valence-electron chi connectivity index (χ3n) is 5.68. The fourth-order valence-electron chi connectivity index (χ4n) is 4.81. The van der Waals surface area contributed by atoms with Crippen molar-refractivity contribution in [2.75, 3.05) is 0 Å². The van der Waals surface area contributed by atoms with Gasteiger partial charge in [0.2, 0.25) is 0 Å². The van der Waals surface area contributed by atoms with E-state index in [2.05, 4.69) is 26.8 Å². The number of phenols is 1. The summed E-state index contributed by atoms with van der Waals surface area (Å²) in [6, 6.07) is 6.11. The monoisotopic (exact) mass is 244 g/mol. The molecule has 1 nitrogen and oxygen atoms in total. The molecule has 2 atom stereocenters. The van der Waals surface area contributed by atoms with Gasteiger partial charge in [-0.2, -0.15) is 0 Å². The standard InChI is InChI=1S/C17H24O/c1-16(2)10-5-11-17(3)13-6-4-7-14(18)12(13)8-9-15(16)17/h4,6-7,15,18H,5,8-11H2,1-3H3/t15-,17+/m1/s1. The third-order valence-corrected chi connectivity index (χ3v) is 5.68. The number of hydrogen-bond donors (Lipinski definition) is 1. The molecule has 0 spiro atoms. The second-order valence-corrected chi connectivity index (χ2v) is 7.15. The molecule has 1 aromatic rings. The highest BCUT2D eigenvalue weighted by molar-refractivity contribution is 5.46. The van der Waals surface area contributed by atoms with Crippen LogP contribution in [-0.2, 0) is 11.8 Å². The Morgan fingerprint density at radius 2 is 1.94 bits per heavy atom. The van der Waals surface area contributed by atoms with Crippen molar-refractivity contribution in [3.8, 4) is 5.75 Å². The van der Waals surface area contributed by atoms with Crippen LogP contribution in [0.2, 0.25) is 0 Å². The van der Waals surface area contributed by atoms with Gasteiger partial charge in [0.05, 0.1) is 0 Å². The Kier molecular flexibility index (Phi) is 2.52. The molecule has 18 heavy (non-hydrogen) atoms. The maximum atomic E-state index is 10.1. The van der Waals surface area contributed by atoms with Crippen LogP contribution in [0.5, 0.6) is 5.75 Å². The molecule has 1 heteroatoms. The summed E-state index contributed by atoms with van der Waals surface area (Å²) < 4.78 is 0. The van der Waals surface area contributed by atoms with Gasteiger partial charge in [0.25, 0.3) is 0 Å². The zero-order valence-corrected chi connectivity index (χ0v) is 11.8. The van der Waals surface area contributed by atoms with Gasteiger partial charge in [0.1, 0.15) is 5.75 Å². The van der Waals surface area contributed by atoms with Crippen molar-refractivity contribution in [1.82, 2.24) is 0 Å². The zero-order valence-electron chi connectivity index (χ0n) is 11.8. The first kappa shape index (κ1) is 12.1. The van der Waals surface area contributed by atoms with Gasteiger partial charge < -0.3 is 5.11 Å². The van der Waals surface area contributed by atoms with Crippen LogP contribution in [0.25, 0.3) is 0 Å². The molecule has 0 heterocycles. The van der Waals surface area contributed by atoms with E-state index < -0.39 is 0 Å². The van der Waals surface area contributed by atoms with E-state index in [4.69, 9.17) is 0 Å². The van der Waals surface area contributed by atoms with Crippen LogP contribution in [-0.4, -0.2) is 5.11 Å². The number of phenolic OH excluding ortho intramolecular Hbond substituents is 1. The molecule has 0 radical (unpaired) electrons. The normalized spacial score (nSPS) is 33.6. The molecule has 0 aliphatic heterocycles. The molecule has 98 valence electrons. The lowest BCUT2D eigenvalue weighted by atomic mass is 9.50. The predicted molar refractivity (Wildman–Crippen MR) is 74.9 cm³/mol. The molecule has 2 aliphatic rings. The Labute approximate surface area is 110 Å². The van der Waals surface area contributed by atoms with Gasteiger partial charge in [-0.1, -0.05) is 39.3 Å². The molecule has 1 fully saturated rings. The van der Waals surface area contributed by atoms with Gasteiger partial charge in [-0.25, -0.2) is 0 Å². The number of hydrogen-bond acceptors (Lipinski definition) is 1. The van der Waals surface area contributed by atoms with E-state index in [0.717, 1.165) is 12.3 Å². The van der Waals surface area contributed by atoms with Crippen molar-refractivity contribution in [3.63, 3.8) is 0 Å². The quantitative estimate of drug-likeness (QED) is 0.716. The lowest BCUT2D eigenvalue weighted by Crippen LogP contribution is -2.47. The van der Waals surface area contributed by atoms with Gasteiger partial charge in [-0.15, -0.1) is 0 Å². The summed E-state index contributed by atoms with van der Waals surface area (Å²) in [5.74, 6) is 1.27. The minimum Gasteiger partial charge on any atom is -0.508 e. The maximum absolute atomic E-state index is 10.1.